The third-order valence-corrected chi connectivity index (χ3v) is 3.51. The normalized spacial score (nSPS) is 17.9. The van der Waals surface area contributed by atoms with E-state index in [0.717, 1.165) is 25.9 Å². The largest absolute Gasteiger partial charge is 0.328 e. The molecule has 0 amide bonds. The molecule has 6 heteroatoms. The zero-order valence-corrected chi connectivity index (χ0v) is 10.8. The van der Waals surface area contributed by atoms with Gasteiger partial charge in [-0.1, -0.05) is 11.6 Å². The Kier molecular flexibility index (Phi) is 4.16. The molecule has 0 spiro atoms. The highest BCUT2D eigenvalue weighted by Gasteiger charge is 2.20. The third-order valence-electron chi connectivity index (χ3n) is 3.27. The van der Waals surface area contributed by atoms with Crippen molar-refractivity contribution in [2.75, 3.05) is 13.1 Å². The number of halogens is 1. The van der Waals surface area contributed by atoms with Crippen molar-refractivity contribution < 1.29 is 4.92 Å². The lowest BCUT2D eigenvalue weighted by Gasteiger charge is -2.29. The molecule has 1 heterocycles. The van der Waals surface area contributed by atoms with Crippen LogP contribution in [0.5, 0.6) is 0 Å². The van der Waals surface area contributed by atoms with Gasteiger partial charge in [0.25, 0.3) is 5.69 Å². The van der Waals surface area contributed by atoms with Crippen molar-refractivity contribution in [3.63, 3.8) is 0 Å². The number of nitrogens with zero attached hydrogens (tertiary/aromatic N) is 2. The van der Waals surface area contributed by atoms with Gasteiger partial charge in [0, 0.05) is 29.2 Å². The minimum Gasteiger partial charge on any atom is -0.328 e. The zero-order chi connectivity index (χ0) is 13.1. The Labute approximate surface area is 111 Å². The highest BCUT2D eigenvalue weighted by Crippen LogP contribution is 2.25. The van der Waals surface area contributed by atoms with E-state index in [2.05, 4.69) is 4.90 Å². The molecule has 1 aliphatic heterocycles. The van der Waals surface area contributed by atoms with Crippen LogP contribution in [0.25, 0.3) is 0 Å². The van der Waals surface area contributed by atoms with Crippen molar-refractivity contribution in [3.05, 3.63) is 38.9 Å². The molecule has 18 heavy (non-hydrogen) atoms. The summed E-state index contributed by atoms with van der Waals surface area (Å²) >= 11 is 5.79. The van der Waals surface area contributed by atoms with Crippen LogP contribution in [0.15, 0.2) is 18.2 Å². The molecule has 0 aliphatic carbocycles. The molecule has 0 unspecified atom stereocenters. The van der Waals surface area contributed by atoms with Gasteiger partial charge in [0.2, 0.25) is 0 Å². The number of nitrogens with two attached hydrogens (primary N) is 1. The third kappa shape index (κ3) is 3.19. The van der Waals surface area contributed by atoms with Crippen LogP contribution in [0.2, 0.25) is 5.02 Å². The number of hydrogen-bond donors (Lipinski definition) is 1. The maximum absolute atomic E-state index is 11.0. The molecule has 1 aromatic rings. The Balaban J connectivity index is 2.11. The quantitative estimate of drug-likeness (QED) is 0.674. The monoisotopic (exact) mass is 269 g/mol. The minimum absolute atomic E-state index is 0.0948. The van der Waals surface area contributed by atoms with Crippen LogP contribution < -0.4 is 5.73 Å². The molecule has 1 fully saturated rings. The fourth-order valence-corrected chi connectivity index (χ4v) is 2.36. The van der Waals surface area contributed by atoms with Crippen LogP contribution in [-0.2, 0) is 6.54 Å². The highest BCUT2D eigenvalue weighted by atomic mass is 35.5. The molecule has 0 atom stereocenters. The van der Waals surface area contributed by atoms with E-state index >= 15 is 0 Å². The van der Waals surface area contributed by atoms with Crippen molar-refractivity contribution in [3.8, 4) is 0 Å². The van der Waals surface area contributed by atoms with E-state index in [0.29, 0.717) is 17.1 Å². The van der Waals surface area contributed by atoms with Gasteiger partial charge in [0.05, 0.1) is 4.92 Å². The molecule has 2 N–H and O–H groups in total. The summed E-state index contributed by atoms with van der Waals surface area (Å²) in [5.41, 5.74) is 6.64. The van der Waals surface area contributed by atoms with E-state index in [4.69, 9.17) is 17.3 Å². The minimum atomic E-state index is -0.378. The van der Waals surface area contributed by atoms with Gasteiger partial charge >= 0.3 is 0 Å². The second-order valence-corrected chi connectivity index (χ2v) is 5.08. The molecule has 0 aromatic heterocycles. The first kappa shape index (κ1) is 13.3. The molecule has 1 saturated heterocycles. The lowest BCUT2D eigenvalue weighted by Crippen LogP contribution is -2.39. The van der Waals surface area contributed by atoms with Gasteiger partial charge < -0.3 is 5.73 Å². The molecule has 1 aliphatic rings. The Hall–Kier alpha value is -1.17. The maximum Gasteiger partial charge on any atom is 0.275 e. The van der Waals surface area contributed by atoms with Gasteiger partial charge in [0.1, 0.15) is 0 Å². The predicted octanol–water partition coefficient (Wildman–Crippen LogP) is 2.17. The number of rotatable bonds is 3. The Bertz CT molecular complexity index is 445. The summed E-state index contributed by atoms with van der Waals surface area (Å²) in [6.07, 6.45) is 1.89. The first-order chi connectivity index (χ1) is 8.56. The van der Waals surface area contributed by atoms with Crippen LogP contribution in [-0.4, -0.2) is 29.0 Å². The average Bonchev–Trinajstić information content (AvgIpc) is 2.34. The first-order valence-electron chi connectivity index (χ1n) is 5.97. The standard InChI is InChI=1S/C12H16ClN3O2/c13-10-2-1-9(12(7-10)16(17)18)8-15-5-3-11(14)4-6-15/h1-2,7,11H,3-6,8,14H2. The molecule has 0 bridgehead atoms. The van der Waals surface area contributed by atoms with Gasteiger partial charge in [-0.05, 0) is 38.1 Å². The van der Waals surface area contributed by atoms with E-state index in [1.54, 1.807) is 12.1 Å². The Morgan fingerprint density at radius 3 is 2.72 bits per heavy atom. The molecule has 0 radical (unpaired) electrons. The van der Waals surface area contributed by atoms with Crippen LogP contribution in [0.1, 0.15) is 18.4 Å². The SMILES string of the molecule is NC1CCN(Cc2ccc(Cl)cc2[N+](=O)[O-])CC1. The zero-order valence-electron chi connectivity index (χ0n) is 10.0. The van der Waals surface area contributed by atoms with Crippen molar-refractivity contribution in [1.29, 1.82) is 0 Å². The molecule has 2 rings (SSSR count). The Morgan fingerprint density at radius 1 is 1.44 bits per heavy atom. The summed E-state index contributed by atoms with van der Waals surface area (Å²) in [5.74, 6) is 0. The average molecular weight is 270 g/mol. The molecule has 5 nitrogen and oxygen atoms in total. The molecule has 0 saturated carbocycles. The number of hydrogen-bond acceptors (Lipinski definition) is 4. The summed E-state index contributed by atoms with van der Waals surface area (Å²) in [6, 6.07) is 5.10. The van der Waals surface area contributed by atoms with Gasteiger partial charge in [-0.2, -0.15) is 0 Å². The van der Waals surface area contributed by atoms with Crippen molar-refractivity contribution in [2.45, 2.75) is 25.4 Å². The summed E-state index contributed by atoms with van der Waals surface area (Å²) in [6.45, 7) is 2.36. The lowest BCUT2D eigenvalue weighted by atomic mass is 10.0. The summed E-state index contributed by atoms with van der Waals surface area (Å²) < 4.78 is 0. The number of likely N-dealkylation sites (tertiary alicyclic amines) is 1. The molecule has 98 valence electrons. The highest BCUT2D eigenvalue weighted by molar-refractivity contribution is 6.30. The number of nitro benzene ring substituents is 1. The van der Waals surface area contributed by atoms with Crippen molar-refractivity contribution >= 4 is 17.3 Å². The summed E-state index contributed by atoms with van der Waals surface area (Å²) in [4.78, 5) is 12.8. The summed E-state index contributed by atoms with van der Waals surface area (Å²) in [5, 5.41) is 11.4. The number of benzene rings is 1. The first-order valence-corrected chi connectivity index (χ1v) is 6.35. The number of piperidine rings is 1. The van der Waals surface area contributed by atoms with Crippen LogP contribution in [0.3, 0.4) is 0 Å². The molecular weight excluding hydrogens is 254 g/mol. The van der Waals surface area contributed by atoms with E-state index < -0.39 is 0 Å². The van der Waals surface area contributed by atoms with Crippen LogP contribution in [0, 0.1) is 10.1 Å². The second kappa shape index (κ2) is 5.65. The molecular formula is C12H16ClN3O2. The van der Waals surface area contributed by atoms with Crippen molar-refractivity contribution in [2.24, 2.45) is 5.73 Å². The fraction of sp³-hybridized carbons (Fsp3) is 0.500. The predicted molar refractivity (Wildman–Crippen MR) is 70.6 cm³/mol. The number of nitro groups is 1. The van der Waals surface area contributed by atoms with Crippen molar-refractivity contribution in [1.82, 2.24) is 4.90 Å². The van der Waals surface area contributed by atoms with E-state index in [1.807, 2.05) is 0 Å². The van der Waals surface area contributed by atoms with E-state index in [-0.39, 0.29) is 16.7 Å². The van der Waals surface area contributed by atoms with Crippen LogP contribution in [0.4, 0.5) is 5.69 Å². The van der Waals surface area contributed by atoms with Gasteiger partial charge in [-0.3, -0.25) is 15.0 Å². The van der Waals surface area contributed by atoms with Gasteiger partial charge in [0.15, 0.2) is 0 Å². The topological polar surface area (TPSA) is 72.4 Å². The van der Waals surface area contributed by atoms with Gasteiger partial charge in [-0.25, -0.2) is 0 Å². The maximum atomic E-state index is 11.0. The smallest absolute Gasteiger partial charge is 0.275 e. The lowest BCUT2D eigenvalue weighted by molar-refractivity contribution is -0.385. The van der Waals surface area contributed by atoms with Crippen LogP contribution >= 0.6 is 11.6 Å². The van der Waals surface area contributed by atoms with E-state index in [9.17, 15) is 10.1 Å². The second-order valence-electron chi connectivity index (χ2n) is 4.64. The fourth-order valence-electron chi connectivity index (χ4n) is 2.19. The summed E-state index contributed by atoms with van der Waals surface area (Å²) in [7, 11) is 0. The molecule has 1 aromatic carbocycles. The Morgan fingerprint density at radius 2 is 2.11 bits per heavy atom. The van der Waals surface area contributed by atoms with E-state index in [1.165, 1.54) is 6.07 Å². The van der Waals surface area contributed by atoms with Gasteiger partial charge in [-0.15, -0.1) is 0 Å².